The van der Waals surface area contributed by atoms with E-state index in [1.54, 1.807) is 6.07 Å². The second kappa shape index (κ2) is 7.48. The number of ether oxygens (including phenoxy) is 1. The van der Waals surface area contributed by atoms with Gasteiger partial charge in [-0.15, -0.1) is 0 Å². The Kier molecular flexibility index (Phi) is 5.65. The first-order valence-electron chi connectivity index (χ1n) is 7.06. The number of aliphatic carboxylic acids is 1. The summed E-state index contributed by atoms with van der Waals surface area (Å²) < 4.78 is 5.63. The standard InChI is InChI=1S/C16H20ClNO3/c1-18(9-10-21-11-12-5-6-12)15-4-2-3-14(17)13(15)7-8-16(19)20/h2-4,7-8,12H,5-6,9-11H2,1H3,(H,19,20)/b8-7+. The first-order chi connectivity index (χ1) is 10.1. The lowest BCUT2D eigenvalue weighted by Crippen LogP contribution is -2.23. The van der Waals surface area contributed by atoms with Crippen LogP contribution in [0.2, 0.25) is 5.02 Å². The Bertz CT molecular complexity index is 526. The Labute approximate surface area is 130 Å². The smallest absolute Gasteiger partial charge is 0.328 e. The average Bonchev–Trinajstić information content (AvgIpc) is 3.25. The molecule has 114 valence electrons. The van der Waals surface area contributed by atoms with E-state index < -0.39 is 5.97 Å². The molecule has 5 heteroatoms. The number of hydrogen-bond acceptors (Lipinski definition) is 3. The molecule has 0 aliphatic heterocycles. The van der Waals surface area contributed by atoms with E-state index in [1.807, 2.05) is 24.1 Å². The summed E-state index contributed by atoms with van der Waals surface area (Å²) in [6, 6.07) is 5.54. The molecule has 1 aliphatic rings. The summed E-state index contributed by atoms with van der Waals surface area (Å²) in [7, 11) is 1.95. The molecule has 1 N–H and O–H groups in total. The van der Waals surface area contributed by atoms with Gasteiger partial charge in [0.1, 0.15) is 0 Å². The topological polar surface area (TPSA) is 49.8 Å². The fourth-order valence-electron chi connectivity index (χ4n) is 2.03. The third-order valence-corrected chi connectivity index (χ3v) is 3.78. The van der Waals surface area contributed by atoms with E-state index in [1.165, 1.54) is 18.9 Å². The van der Waals surface area contributed by atoms with E-state index in [4.69, 9.17) is 21.4 Å². The molecule has 0 atom stereocenters. The minimum atomic E-state index is -0.990. The number of nitrogens with zero attached hydrogens (tertiary/aromatic N) is 1. The second-order valence-electron chi connectivity index (χ2n) is 5.28. The molecule has 1 fully saturated rings. The molecule has 0 radical (unpaired) electrons. The van der Waals surface area contributed by atoms with Gasteiger partial charge in [-0.25, -0.2) is 4.79 Å². The van der Waals surface area contributed by atoms with Crippen LogP contribution in [0.15, 0.2) is 24.3 Å². The normalized spacial score (nSPS) is 14.6. The molecule has 0 bridgehead atoms. The molecule has 0 unspecified atom stereocenters. The maximum Gasteiger partial charge on any atom is 0.328 e. The van der Waals surface area contributed by atoms with Gasteiger partial charge in [0.05, 0.1) is 6.61 Å². The number of rotatable bonds is 8. The minimum Gasteiger partial charge on any atom is -0.478 e. The van der Waals surface area contributed by atoms with Crippen molar-refractivity contribution >= 4 is 29.3 Å². The molecule has 0 aromatic heterocycles. The van der Waals surface area contributed by atoms with E-state index in [-0.39, 0.29) is 0 Å². The van der Waals surface area contributed by atoms with Crippen LogP contribution < -0.4 is 4.90 Å². The van der Waals surface area contributed by atoms with E-state index >= 15 is 0 Å². The Balaban J connectivity index is 1.98. The van der Waals surface area contributed by atoms with Crippen molar-refractivity contribution in [2.24, 2.45) is 5.92 Å². The maximum atomic E-state index is 10.7. The molecule has 1 aromatic carbocycles. The summed E-state index contributed by atoms with van der Waals surface area (Å²) in [5.41, 5.74) is 1.61. The number of anilines is 1. The zero-order chi connectivity index (χ0) is 15.2. The summed E-state index contributed by atoms with van der Waals surface area (Å²) in [6.45, 7) is 2.23. The van der Waals surface area contributed by atoms with Crippen LogP contribution in [0.5, 0.6) is 0 Å². The molecular weight excluding hydrogens is 290 g/mol. The maximum absolute atomic E-state index is 10.7. The molecule has 2 rings (SSSR count). The van der Waals surface area contributed by atoms with Gasteiger partial charge >= 0.3 is 5.97 Å². The number of benzene rings is 1. The number of halogens is 1. The lowest BCUT2D eigenvalue weighted by Gasteiger charge is -2.22. The highest BCUT2D eigenvalue weighted by molar-refractivity contribution is 6.32. The predicted octanol–water partition coefficient (Wildman–Crippen LogP) is 3.30. The van der Waals surface area contributed by atoms with E-state index in [0.29, 0.717) is 17.2 Å². The van der Waals surface area contributed by atoms with Crippen LogP contribution in [0.3, 0.4) is 0 Å². The molecule has 1 aromatic rings. The van der Waals surface area contributed by atoms with Crippen LogP contribution in [-0.4, -0.2) is 37.9 Å². The van der Waals surface area contributed by atoms with E-state index in [2.05, 4.69) is 0 Å². The van der Waals surface area contributed by atoms with Gasteiger partial charge < -0.3 is 14.7 Å². The van der Waals surface area contributed by atoms with Gasteiger partial charge in [-0.3, -0.25) is 0 Å². The van der Waals surface area contributed by atoms with Gasteiger partial charge in [-0.05, 0) is 37.0 Å². The van der Waals surface area contributed by atoms with Gasteiger partial charge in [0.15, 0.2) is 0 Å². The third-order valence-electron chi connectivity index (χ3n) is 3.46. The lowest BCUT2D eigenvalue weighted by atomic mass is 10.1. The SMILES string of the molecule is CN(CCOCC1CC1)c1cccc(Cl)c1/C=C/C(=O)O. The molecule has 1 saturated carbocycles. The molecule has 0 heterocycles. The van der Waals surface area contributed by atoms with Crippen molar-refractivity contribution in [3.63, 3.8) is 0 Å². The summed E-state index contributed by atoms with van der Waals surface area (Å²) in [5.74, 6) is -0.230. The summed E-state index contributed by atoms with van der Waals surface area (Å²) in [6.07, 6.45) is 5.20. The van der Waals surface area contributed by atoms with Gasteiger partial charge in [-0.1, -0.05) is 17.7 Å². The van der Waals surface area contributed by atoms with E-state index in [9.17, 15) is 4.79 Å². The second-order valence-corrected chi connectivity index (χ2v) is 5.69. The molecule has 21 heavy (non-hydrogen) atoms. The van der Waals surface area contributed by atoms with Crippen molar-refractivity contribution in [2.75, 3.05) is 31.7 Å². The lowest BCUT2D eigenvalue weighted by molar-refractivity contribution is -0.131. The Hall–Kier alpha value is -1.52. The highest BCUT2D eigenvalue weighted by atomic mass is 35.5. The summed E-state index contributed by atoms with van der Waals surface area (Å²) in [5, 5.41) is 9.30. The highest BCUT2D eigenvalue weighted by Crippen LogP contribution is 2.29. The van der Waals surface area contributed by atoms with Crippen molar-refractivity contribution in [3.8, 4) is 0 Å². The third kappa shape index (κ3) is 5.06. The fourth-order valence-corrected chi connectivity index (χ4v) is 2.27. The first kappa shape index (κ1) is 15.9. The number of carboxylic acid groups (broad SMARTS) is 1. The van der Waals surface area contributed by atoms with Gasteiger partial charge in [0, 0.05) is 42.5 Å². The largest absolute Gasteiger partial charge is 0.478 e. The molecular formula is C16H20ClNO3. The first-order valence-corrected chi connectivity index (χ1v) is 7.44. The van der Waals surface area contributed by atoms with Crippen LogP contribution in [0.4, 0.5) is 5.69 Å². The minimum absolute atomic E-state index is 0.538. The van der Waals surface area contributed by atoms with Crippen molar-refractivity contribution in [2.45, 2.75) is 12.8 Å². The van der Waals surface area contributed by atoms with Crippen LogP contribution in [0.25, 0.3) is 6.08 Å². The molecule has 4 nitrogen and oxygen atoms in total. The van der Waals surface area contributed by atoms with Gasteiger partial charge in [-0.2, -0.15) is 0 Å². The highest BCUT2D eigenvalue weighted by Gasteiger charge is 2.21. The summed E-state index contributed by atoms with van der Waals surface area (Å²) >= 11 is 6.17. The average molecular weight is 310 g/mol. The fraction of sp³-hybridized carbons (Fsp3) is 0.438. The monoisotopic (exact) mass is 309 g/mol. The van der Waals surface area contributed by atoms with Crippen LogP contribution in [0.1, 0.15) is 18.4 Å². The Morgan fingerprint density at radius 2 is 2.29 bits per heavy atom. The quantitative estimate of drug-likeness (QED) is 0.591. The summed E-state index contributed by atoms with van der Waals surface area (Å²) in [4.78, 5) is 12.7. The Morgan fingerprint density at radius 3 is 2.95 bits per heavy atom. The number of carbonyl (C=O) groups is 1. The van der Waals surface area contributed by atoms with Gasteiger partial charge in [0.25, 0.3) is 0 Å². The molecule has 0 amide bonds. The van der Waals surface area contributed by atoms with Crippen molar-refractivity contribution < 1.29 is 14.6 Å². The number of carboxylic acids is 1. The van der Waals surface area contributed by atoms with Gasteiger partial charge in [0.2, 0.25) is 0 Å². The van der Waals surface area contributed by atoms with Crippen LogP contribution in [-0.2, 0) is 9.53 Å². The van der Waals surface area contributed by atoms with E-state index in [0.717, 1.165) is 30.8 Å². The van der Waals surface area contributed by atoms with Crippen molar-refractivity contribution in [3.05, 3.63) is 34.9 Å². The number of hydrogen-bond donors (Lipinski definition) is 1. The zero-order valence-corrected chi connectivity index (χ0v) is 12.8. The predicted molar refractivity (Wildman–Crippen MR) is 84.9 cm³/mol. The van der Waals surface area contributed by atoms with Crippen molar-refractivity contribution in [1.29, 1.82) is 0 Å². The number of likely N-dealkylation sites (N-methyl/N-ethyl adjacent to an activating group) is 1. The van der Waals surface area contributed by atoms with Crippen molar-refractivity contribution in [1.82, 2.24) is 0 Å². The zero-order valence-electron chi connectivity index (χ0n) is 12.1. The molecule has 1 aliphatic carbocycles. The van der Waals surface area contributed by atoms with Crippen LogP contribution >= 0.6 is 11.6 Å². The Morgan fingerprint density at radius 1 is 1.52 bits per heavy atom. The van der Waals surface area contributed by atoms with Crippen LogP contribution in [0, 0.1) is 5.92 Å². The molecule has 0 spiro atoms. The molecule has 0 saturated heterocycles.